The number of ether oxygens (including phenoxy) is 4. The minimum atomic E-state index is -1.38. The van der Waals surface area contributed by atoms with Crippen molar-refractivity contribution in [2.24, 2.45) is 35.3 Å². The lowest BCUT2D eigenvalue weighted by Crippen LogP contribution is -2.41. The third kappa shape index (κ3) is 10.5. The standard InChI is InChI=1S/C29H45NO9/c1-15(2)18(6)26(33)37-21-12-11-20(13-22(21)38-27(34)19(7)16(3)4)23(24(30)25(31)32)17(5)14-36-28(35)39-29(8,9)10/h11-13,15-19,23-24H,14,30H2,1-10H3,(H,31,32)/t17?,18?,19?,23?,24-/m0/s1. The van der Waals surface area contributed by atoms with Crippen molar-refractivity contribution in [1.82, 2.24) is 0 Å². The summed E-state index contributed by atoms with van der Waals surface area (Å²) in [6.07, 6.45) is -0.893. The highest BCUT2D eigenvalue weighted by Crippen LogP contribution is 2.37. The van der Waals surface area contributed by atoms with E-state index in [1.807, 2.05) is 27.7 Å². The average Bonchev–Trinajstić information content (AvgIpc) is 2.81. The number of hydrogen-bond donors (Lipinski definition) is 2. The third-order valence-electron chi connectivity index (χ3n) is 6.66. The van der Waals surface area contributed by atoms with Crippen LogP contribution in [-0.4, -0.2) is 47.4 Å². The lowest BCUT2D eigenvalue weighted by Gasteiger charge is -2.28. The summed E-state index contributed by atoms with van der Waals surface area (Å²) in [5.74, 6) is -4.58. The van der Waals surface area contributed by atoms with Gasteiger partial charge in [0.2, 0.25) is 0 Å². The van der Waals surface area contributed by atoms with Gasteiger partial charge in [-0.3, -0.25) is 14.4 Å². The van der Waals surface area contributed by atoms with E-state index in [-0.39, 0.29) is 29.9 Å². The van der Waals surface area contributed by atoms with Crippen molar-refractivity contribution >= 4 is 24.1 Å². The molecular formula is C29H45NO9. The summed E-state index contributed by atoms with van der Waals surface area (Å²) in [7, 11) is 0. The molecule has 0 aromatic heterocycles. The maximum atomic E-state index is 12.8. The molecule has 1 rings (SSSR count). The largest absolute Gasteiger partial charge is 0.508 e. The molecule has 10 nitrogen and oxygen atoms in total. The molecule has 1 aromatic rings. The van der Waals surface area contributed by atoms with Crippen molar-refractivity contribution in [2.45, 2.75) is 86.8 Å². The number of benzene rings is 1. The van der Waals surface area contributed by atoms with Gasteiger partial charge in [-0.05, 0) is 56.2 Å². The van der Waals surface area contributed by atoms with E-state index in [2.05, 4.69) is 0 Å². The number of aliphatic carboxylic acids is 1. The highest BCUT2D eigenvalue weighted by molar-refractivity contribution is 5.79. The quantitative estimate of drug-likeness (QED) is 0.263. The summed E-state index contributed by atoms with van der Waals surface area (Å²) in [5, 5.41) is 9.72. The monoisotopic (exact) mass is 551 g/mol. The van der Waals surface area contributed by atoms with Gasteiger partial charge in [-0.25, -0.2) is 4.79 Å². The van der Waals surface area contributed by atoms with Crippen LogP contribution < -0.4 is 15.2 Å². The van der Waals surface area contributed by atoms with Crippen LogP contribution in [0.2, 0.25) is 0 Å². The molecule has 0 heterocycles. The number of carboxylic acids is 1. The minimum absolute atomic E-state index is 0.00847. The number of carboxylic acid groups (broad SMARTS) is 1. The molecule has 0 fully saturated rings. The van der Waals surface area contributed by atoms with E-state index in [0.29, 0.717) is 5.56 Å². The molecule has 5 atom stereocenters. The predicted molar refractivity (Wildman–Crippen MR) is 145 cm³/mol. The first-order valence-electron chi connectivity index (χ1n) is 13.3. The molecular weight excluding hydrogens is 506 g/mol. The molecule has 0 aliphatic carbocycles. The van der Waals surface area contributed by atoms with Crippen LogP contribution >= 0.6 is 0 Å². The topological polar surface area (TPSA) is 151 Å². The molecule has 0 saturated carbocycles. The van der Waals surface area contributed by atoms with Gasteiger partial charge in [0.15, 0.2) is 11.5 Å². The van der Waals surface area contributed by atoms with Crippen molar-refractivity contribution in [3.63, 3.8) is 0 Å². The number of carbonyl (C=O) groups is 4. The summed E-state index contributed by atoms with van der Waals surface area (Å²) in [6, 6.07) is 3.08. The van der Waals surface area contributed by atoms with E-state index in [1.165, 1.54) is 12.1 Å². The fourth-order valence-corrected chi connectivity index (χ4v) is 3.47. The second-order valence-corrected chi connectivity index (χ2v) is 11.8. The van der Waals surface area contributed by atoms with Crippen LogP contribution in [0.4, 0.5) is 4.79 Å². The van der Waals surface area contributed by atoms with E-state index in [0.717, 1.165) is 0 Å². The lowest BCUT2D eigenvalue weighted by molar-refractivity contribution is -0.142. The van der Waals surface area contributed by atoms with E-state index in [9.17, 15) is 24.3 Å². The number of nitrogens with two attached hydrogens (primary N) is 1. The molecule has 4 unspecified atom stereocenters. The lowest BCUT2D eigenvalue weighted by atomic mass is 9.82. The molecule has 0 saturated heterocycles. The van der Waals surface area contributed by atoms with Gasteiger partial charge in [-0.2, -0.15) is 0 Å². The minimum Gasteiger partial charge on any atom is -0.480 e. The van der Waals surface area contributed by atoms with Gasteiger partial charge in [-0.1, -0.05) is 54.5 Å². The summed E-state index contributed by atoms with van der Waals surface area (Å²) in [4.78, 5) is 49.5. The van der Waals surface area contributed by atoms with Gasteiger partial charge >= 0.3 is 24.1 Å². The summed E-state index contributed by atoms with van der Waals surface area (Å²) >= 11 is 0. The smallest absolute Gasteiger partial charge is 0.480 e. The fraction of sp³-hybridized carbons (Fsp3) is 0.655. The van der Waals surface area contributed by atoms with Crippen LogP contribution in [0.1, 0.15) is 80.7 Å². The molecule has 1 aromatic carbocycles. The summed E-state index contributed by atoms with van der Waals surface area (Å²) in [6.45, 7) is 17.6. The fourth-order valence-electron chi connectivity index (χ4n) is 3.47. The zero-order chi connectivity index (χ0) is 30.2. The van der Waals surface area contributed by atoms with E-state index < -0.39 is 59.4 Å². The molecule has 10 heteroatoms. The van der Waals surface area contributed by atoms with E-state index >= 15 is 0 Å². The second kappa shape index (κ2) is 14.3. The van der Waals surface area contributed by atoms with Crippen molar-refractivity contribution < 1.29 is 43.2 Å². The highest BCUT2D eigenvalue weighted by atomic mass is 16.7. The Bertz CT molecular complexity index is 1010. The Morgan fingerprint density at radius 3 is 1.77 bits per heavy atom. The first-order chi connectivity index (χ1) is 17.8. The molecule has 3 N–H and O–H groups in total. The molecule has 0 aliphatic heterocycles. The maximum Gasteiger partial charge on any atom is 0.508 e. The Morgan fingerprint density at radius 2 is 1.33 bits per heavy atom. The summed E-state index contributed by atoms with van der Waals surface area (Å²) in [5.41, 5.74) is 5.71. The van der Waals surface area contributed by atoms with Gasteiger partial charge in [0.05, 0.1) is 18.4 Å². The van der Waals surface area contributed by atoms with Crippen molar-refractivity contribution in [3.8, 4) is 11.5 Å². The van der Waals surface area contributed by atoms with Gasteiger partial charge in [-0.15, -0.1) is 0 Å². The number of esters is 2. The van der Waals surface area contributed by atoms with Gasteiger partial charge in [0.1, 0.15) is 11.6 Å². The number of rotatable bonds is 12. The van der Waals surface area contributed by atoms with Crippen molar-refractivity contribution in [1.29, 1.82) is 0 Å². The van der Waals surface area contributed by atoms with Crippen LogP contribution in [0.3, 0.4) is 0 Å². The van der Waals surface area contributed by atoms with Crippen LogP contribution in [-0.2, 0) is 23.9 Å². The molecule has 0 radical (unpaired) electrons. The zero-order valence-electron chi connectivity index (χ0n) is 24.8. The zero-order valence-corrected chi connectivity index (χ0v) is 24.8. The van der Waals surface area contributed by atoms with Gasteiger partial charge in [0.25, 0.3) is 0 Å². The Hall–Kier alpha value is -3.14. The first-order valence-corrected chi connectivity index (χ1v) is 13.3. The van der Waals surface area contributed by atoms with Gasteiger partial charge in [0, 0.05) is 5.92 Å². The molecule has 0 spiro atoms. The Labute approximate surface area is 231 Å². The van der Waals surface area contributed by atoms with Crippen LogP contribution in [0, 0.1) is 29.6 Å². The molecule has 220 valence electrons. The second-order valence-electron chi connectivity index (χ2n) is 11.8. The predicted octanol–water partition coefficient (Wildman–Crippen LogP) is 5.16. The maximum absolute atomic E-state index is 12.8. The number of hydrogen-bond acceptors (Lipinski definition) is 9. The van der Waals surface area contributed by atoms with Crippen LogP contribution in [0.15, 0.2) is 18.2 Å². The average molecular weight is 552 g/mol. The van der Waals surface area contributed by atoms with E-state index in [1.54, 1.807) is 47.6 Å². The van der Waals surface area contributed by atoms with Crippen LogP contribution in [0.5, 0.6) is 11.5 Å². The Kier molecular flexibility index (Phi) is 12.4. The Balaban J connectivity index is 3.45. The molecule has 39 heavy (non-hydrogen) atoms. The third-order valence-corrected chi connectivity index (χ3v) is 6.66. The highest BCUT2D eigenvalue weighted by Gasteiger charge is 2.33. The van der Waals surface area contributed by atoms with Crippen LogP contribution in [0.25, 0.3) is 0 Å². The van der Waals surface area contributed by atoms with Crippen molar-refractivity contribution in [3.05, 3.63) is 23.8 Å². The SMILES string of the molecule is CC(C)C(C)C(=O)Oc1ccc(C(C(C)COC(=O)OC(C)(C)C)[C@H](N)C(=O)O)cc1OC(=O)C(C)C(C)C. The molecule has 0 aliphatic rings. The summed E-state index contributed by atoms with van der Waals surface area (Å²) < 4.78 is 21.6. The van der Waals surface area contributed by atoms with Gasteiger partial charge < -0.3 is 29.8 Å². The normalized spacial score (nSPS) is 15.6. The number of carbonyl (C=O) groups excluding carboxylic acids is 3. The first kappa shape index (κ1) is 33.9. The molecule has 0 bridgehead atoms. The van der Waals surface area contributed by atoms with Crippen molar-refractivity contribution in [2.75, 3.05) is 6.61 Å². The Morgan fingerprint density at radius 1 is 0.846 bits per heavy atom. The molecule has 0 amide bonds. The van der Waals surface area contributed by atoms with E-state index in [4.69, 9.17) is 24.7 Å².